The molecule has 104 valence electrons. The minimum absolute atomic E-state index is 0.0939. The second-order valence-corrected chi connectivity index (χ2v) is 4.57. The molecule has 20 heavy (non-hydrogen) atoms. The van der Waals surface area contributed by atoms with E-state index in [-0.39, 0.29) is 36.0 Å². The number of halogens is 1. The lowest BCUT2D eigenvalue weighted by atomic mass is 10.1. The summed E-state index contributed by atoms with van der Waals surface area (Å²) in [5, 5.41) is 20.2. The van der Waals surface area contributed by atoms with Crippen LogP contribution < -0.4 is 0 Å². The number of carbonyl (C=O) groups excluding carboxylic acids is 1. The number of benzene rings is 1. The Bertz CT molecular complexity index is 599. The van der Waals surface area contributed by atoms with Crippen LogP contribution in [-0.2, 0) is 4.74 Å². The zero-order chi connectivity index (χ0) is 14.7. The highest BCUT2D eigenvalue weighted by Gasteiger charge is 2.31. The monoisotopic (exact) mass is 295 g/mol. The quantitative estimate of drug-likeness (QED) is 0.610. The van der Waals surface area contributed by atoms with Crippen molar-refractivity contribution in [1.29, 1.82) is 5.26 Å². The first kappa shape index (κ1) is 14.2. The van der Waals surface area contributed by atoms with Crippen molar-refractivity contribution in [1.82, 2.24) is 4.90 Å². The highest BCUT2D eigenvalue weighted by molar-refractivity contribution is 6.31. The lowest BCUT2D eigenvalue weighted by Crippen LogP contribution is -2.48. The van der Waals surface area contributed by atoms with Crippen molar-refractivity contribution in [2.45, 2.75) is 6.04 Å². The van der Waals surface area contributed by atoms with E-state index in [0.717, 1.165) is 0 Å². The number of nitro benzene ring substituents is 1. The largest absolute Gasteiger partial charge is 0.376 e. The molecule has 7 nitrogen and oxygen atoms in total. The maximum absolute atomic E-state index is 12.4. The van der Waals surface area contributed by atoms with E-state index in [0.29, 0.717) is 0 Å². The fraction of sp³-hybridized carbons (Fsp3) is 0.333. The molecule has 0 radical (unpaired) electrons. The number of carbonyl (C=O) groups is 1. The molecule has 0 unspecified atom stereocenters. The minimum Gasteiger partial charge on any atom is -0.376 e. The number of nitro groups is 1. The van der Waals surface area contributed by atoms with E-state index >= 15 is 0 Å². The number of amides is 1. The van der Waals surface area contributed by atoms with E-state index in [1.807, 2.05) is 6.07 Å². The minimum atomic E-state index is -0.755. The van der Waals surface area contributed by atoms with Gasteiger partial charge in [0.05, 0.1) is 24.2 Å². The summed E-state index contributed by atoms with van der Waals surface area (Å²) in [6.07, 6.45) is 0. The lowest BCUT2D eigenvalue weighted by Gasteiger charge is -2.31. The van der Waals surface area contributed by atoms with Crippen molar-refractivity contribution in [2.75, 3.05) is 19.8 Å². The average Bonchev–Trinajstić information content (AvgIpc) is 2.46. The summed E-state index contributed by atoms with van der Waals surface area (Å²) in [5.41, 5.74) is -0.452. The van der Waals surface area contributed by atoms with Gasteiger partial charge in [0.25, 0.3) is 11.6 Å². The predicted molar refractivity (Wildman–Crippen MR) is 69.4 cm³/mol. The van der Waals surface area contributed by atoms with Gasteiger partial charge in [-0.25, -0.2) is 0 Å². The van der Waals surface area contributed by atoms with Crippen LogP contribution in [0.2, 0.25) is 5.02 Å². The number of ether oxygens (including phenoxy) is 1. The number of hydrogen-bond acceptors (Lipinski definition) is 5. The molecule has 8 heteroatoms. The standard InChI is InChI=1S/C12H10ClN3O4/c13-8-1-2-11(16(18)19)10(5-8)12(17)15-3-4-20-7-9(15)6-14/h1-2,5,9H,3-4,7H2/t9-/m1/s1. The van der Waals surface area contributed by atoms with Gasteiger partial charge in [0.15, 0.2) is 0 Å². The molecule has 1 heterocycles. The zero-order valence-corrected chi connectivity index (χ0v) is 11.0. The van der Waals surface area contributed by atoms with Gasteiger partial charge in [0, 0.05) is 17.6 Å². The van der Waals surface area contributed by atoms with Gasteiger partial charge in [-0.2, -0.15) is 5.26 Å². The van der Waals surface area contributed by atoms with Gasteiger partial charge in [0.1, 0.15) is 11.6 Å². The van der Waals surface area contributed by atoms with Crippen LogP contribution in [-0.4, -0.2) is 41.5 Å². The number of nitrogens with zero attached hydrogens (tertiary/aromatic N) is 3. The molecule has 1 aromatic carbocycles. The molecule has 1 saturated heterocycles. The van der Waals surface area contributed by atoms with Gasteiger partial charge in [-0.1, -0.05) is 11.6 Å². The first-order chi connectivity index (χ1) is 9.54. The Morgan fingerprint density at radius 2 is 2.35 bits per heavy atom. The third-order valence-corrected chi connectivity index (χ3v) is 3.16. The van der Waals surface area contributed by atoms with Gasteiger partial charge in [-0.15, -0.1) is 0 Å². The van der Waals surface area contributed by atoms with Crippen LogP contribution in [0.25, 0.3) is 0 Å². The van der Waals surface area contributed by atoms with E-state index in [1.165, 1.54) is 23.1 Å². The van der Waals surface area contributed by atoms with Crippen molar-refractivity contribution < 1.29 is 14.5 Å². The van der Waals surface area contributed by atoms with Gasteiger partial charge < -0.3 is 9.64 Å². The molecule has 1 aliphatic heterocycles. The molecule has 1 aliphatic rings. The predicted octanol–water partition coefficient (Wildman–Crippen LogP) is 1.61. The zero-order valence-electron chi connectivity index (χ0n) is 10.3. The SMILES string of the molecule is N#C[C@@H]1COCCN1C(=O)c1cc(Cl)ccc1[N+](=O)[O-]. The van der Waals surface area contributed by atoms with Crippen LogP contribution in [0.3, 0.4) is 0 Å². The molecule has 0 saturated carbocycles. The molecule has 1 aromatic rings. The van der Waals surface area contributed by atoms with Gasteiger partial charge in [-0.3, -0.25) is 14.9 Å². The topological polar surface area (TPSA) is 96.5 Å². The Kier molecular flexibility index (Phi) is 4.17. The summed E-state index contributed by atoms with van der Waals surface area (Å²) in [4.78, 5) is 24.0. The number of rotatable bonds is 2. The molecule has 1 fully saturated rings. The first-order valence-corrected chi connectivity index (χ1v) is 6.14. The fourth-order valence-electron chi connectivity index (χ4n) is 1.95. The van der Waals surface area contributed by atoms with Crippen LogP contribution in [0.4, 0.5) is 5.69 Å². The highest BCUT2D eigenvalue weighted by Crippen LogP contribution is 2.25. The second-order valence-electron chi connectivity index (χ2n) is 4.14. The Morgan fingerprint density at radius 1 is 1.60 bits per heavy atom. The normalized spacial score (nSPS) is 18.4. The second kappa shape index (κ2) is 5.86. The summed E-state index contributed by atoms with van der Waals surface area (Å²) in [6.45, 7) is 0.593. The molecule has 0 bridgehead atoms. The summed E-state index contributed by atoms with van der Waals surface area (Å²) in [7, 11) is 0. The van der Waals surface area contributed by atoms with Crippen molar-refractivity contribution in [3.05, 3.63) is 38.9 Å². The molecule has 0 N–H and O–H groups in total. The van der Waals surface area contributed by atoms with Crippen LogP contribution >= 0.6 is 11.6 Å². The molecule has 1 amide bonds. The van der Waals surface area contributed by atoms with E-state index < -0.39 is 16.9 Å². The van der Waals surface area contributed by atoms with Crippen LogP contribution in [0.5, 0.6) is 0 Å². The maximum atomic E-state index is 12.4. The Labute approximate surface area is 119 Å². The summed E-state index contributed by atoms with van der Waals surface area (Å²) in [5.74, 6) is -0.589. The summed E-state index contributed by atoms with van der Waals surface area (Å²) >= 11 is 5.79. The Hall–Kier alpha value is -2.17. The fourth-order valence-corrected chi connectivity index (χ4v) is 2.12. The third kappa shape index (κ3) is 2.71. The Morgan fingerprint density at radius 3 is 3.00 bits per heavy atom. The number of morpholine rings is 1. The van der Waals surface area contributed by atoms with Crippen molar-refractivity contribution >= 4 is 23.2 Å². The summed E-state index contributed by atoms with van der Waals surface area (Å²) in [6, 6.07) is 4.96. The number of hydrogen-bond donors (Lipinski definition) is 0. The molecule has 1 atom stereocenters. The van der Waals surface area contributed by atoms with Crippen LogP contribution in [0.15, 0.2) is 18.2 Å². The molecule has 2 rings (SSSR count). The van der Waals surface area contributed by atoms with E-state index in [4.69, 9.17) is 21.6 Å². The lowest BCUT2D eigenvalue weighted by molar-refractivity contribution is -0.385. The maximum Gasteiger partial charge on any atom is 0.282 e. The van der Waals surface area contributed by atoms with Gasteiger partial charge in [-0.05, 0) is 12.1 Å². The van der Waals surface area contributed by atoms with Crippen molar-refractivity contribution in [2.24, 2.45) is 0 Å². The van der Waals surface area contributed by atoms with Crippen molar-refractivity contribution in [3.63, 3.8) is 0 Å². The molecule has 0 aliphatic carbocycles. The third-order valence-electron chi connectivity index (χ3n) is 2.92. The smallest absolute Gasteiger partial charge is 0.282 e. The molecular formula is C12H10ClN3O4. The van der Waals surface area contributed by atoms with E-state index in [1.54, 1.807) is 0 Å². The Balaban J connectivity index is 2.40. The van der Waals surface area contributed by atoms with Gasteiger partial charge >= 0.3 is 0 Å². The molecule has 0 spiro atoms. The van der Waals surface area contributed by atoms with Gasteiger partial charge in [0.2, 0.25) is 0 Å². The first-order valence-electron chi connectivity index (χ1n) is 5.77. The molecule has 0 aromatic heterocycles. The highest BCUT2D eigenvalue weighted by atomic mass is 35.5. The molecular weight excluding hydrogens is 286 g/mol. The average molecular weight is 296 g/mol. The van der Waals surface area contributed by atoms with Crippen LogP contribution in [0, 0.1) is 21.4 Å². The van der Waals surface area contributed by atoms with E-state index in [2.05, 4.69) is 0 Å². The van der Waals surface area contributed by atoms with E-state index in [9.17, 15) is 14.9 Å². The van der Waals surface area contributed by atoms with Crippen LogP contribution in [0.1, 0.15) is 10.4 Å². The summed E-state index contributed by atoms with van der Waals surface area (Å²) < 4.78 is 5.11. The number of nitriles is 1. The van der Waals surface area contributed by atoms with Crippen molar-refractivity contribution in [3.8, 4) is 6.07 Å².